The molecule has 0 saturated carbocycles. The molecule has 1 rings (SSSR count). The number of halogens is 2. The monoisotopic (exact) mass is 248 g/mol. The van der Waals surface area contributed by atoms with Crippen molar-refractivity contribution in [3.05, 3.63) is 0 Å². The number of nitrogens with zero attached hydrogens (tertiary/aromatic N) is 1. The molecule has 1 fully saturated rings. The van der Waals surface area contributed by atoms with Crippen LogP contribution in [0.25, 0.3) is 0 Å². The van der Waals surface area contributed by atoms with Crippen molar-refractivity contribution in [2.24, 2.45) is 0 Å². The highest BCUT2D eigenvalue weighted by Crippen LogP contribution is 2.31. The average molecular weight is 248 g/mol. The van der Waals surface area contributed by atoms with Crippen molar-refractivity contribution in [2.75, 3.05) is 19.6 Å². The largest absolute Gasteiger partial charge is 0.308 e. The second kappa shape index (κ2) is 5.61. The maximum Gasteiger partial charge on any atom is 0.251 e. The van der Waals surface area contributed by atoms with Gasteiger partial charge in [-0.25, -0.2) is 8.78 Å². The summed E-state index contributed by atoms with van der Waals surface area (Å²) in [6.45, 7) is 9.86. The van der Waals surface area contributed by atoms with Crippen LogP contribution in [0.5, 0.6) is 0 Å². The molecular formula is C13H26F2N2. The molecule has 4 heteroatoms. The number of hydrogen-bond acceptors (Lipinski definition) is 2. The highest BCUT2D eigenvalue weighted by Gasteiger charge is 2.43. The minimum atomic E-state index is -2.24. The summed E-state index contributed by atoms with van der Waals surface area (Å²) in [6.07, 6.45) is 0.564. The zero-order chi connectivity index (χ0) is 13.1. The Morgan fingerprint density at radius 3 is 2.18 bits per heavy atom. The van der Waals surface area contributed by atoms with Gasteiger partial charge in [0.05, 0.1) is 6.54 Å². The van der Waals surface area contributed by atoms with Crippen molar-refractivity contribution in [3.8, 4) is 0 Å². The van der Waals surface area contributed by atoms with Crippen LogP contribution >= 0.6 is 0 Å². The molecule has 1 unspecified atom stereocenters. The van der Waals surface area contributed by atoms with Gasteiger partial charge in [-0.3, -0.25) is 4.90 Å². The van der Waals surface area contributed by atoms with Gasteiger partial charge in [0, 0.05) is 24.2 Å². The van der Waals surface area contributed by atoms with Gasteiger partial charge in [0.1, 0.15) is 0 Å². The third-order valence-corrected chi connectivity index (χ3v) is 4.51. The lowest BCUT2D eigenvalue weighted by molar-refractivity contribution is -0.0343. The van der Waals surface area contributed by atoms with E-state index < -0.39 is 6.43 Å². The molecule has 0 aromatic heterocycles. The van der Waals surface area contributed by atoms with Crippen LogP contribution in [0.2, 0.25) is 0 Å². The topological polar surface area (TPSA) is 15.3 Å². The molecule has 0 radical (unpaired) electrons. The highest BCUT2D eigenvalue weighted by molar-refractivity contribution is 5.02. The number of alkyl halides is 2. The van der Waals surface area contributed by atoms with E-state index in [2.05, 4.69) is 33.0 Å². The molecule has 0 aliphatic carbocycles. The van der Waals surface area contributed by atoms with Crippen molar-refractivity contribution in [1.82, 2.24) is 10.2 Å². The SMILES string of the molecule is CCC1(C)CN(CC(F)F)C(CC)(CC)CN1. The first-order chi connectivity index (χ1) is 7.91. The summed E-state index contributed by atoms with van der Waals surface area (Å²) < 4.78 is 25.5. The number of hydrogen-bond donors (Lipinski definition) is 1. The van der Waals surface area contributed by atoms with Crippen LogP contribution in [0, 0.1) is 0 Å². The molecule has 1 aliphatic heterocycles. The molecule has 1 N–H and O–H groups in total. The fourth-order valence-corrected chi connectivity index (χ4v) is 2.74. The summed E-state index contributed by atoms with van der Waals surface area (Å²) in [5.74, 6) is 0. The Morgan fingerprint density at radius 1 is 1.18 bits per heavy atom. The quantitative estimate of drug-likeness (QED) is 0.805. The molecule has 1 aliphatic rings. The first-order valence-electron chi connectivity index (χ1n) is 6.69. The number of piperazine rings is 1. The normalized spacial score (nSPS) is 29.8. The minimum absolute atomic E-state index is 0.0251. The summed E-state index contributed by atoms with van der Waals surface area (Å²) in [7, 11) is 0. The van der Waals surface area contributed by atoms with Crippen LogP contribution in [0.15, 0.2) is 0 Å². The Bertz CT molecular complexity index is 242. The van der Waals surface area contributed by atoms with Gasteiger partial charge >= 0.3 is 0 Å². The number of nitrogens with one attached hydrogen (secondary N) is 1. The summed E-state index contributed by atoms with van der Waals surface area (Å²) in [4.78, 5) is 2.01. The van der Waals surface area contributed by atoms with Gasteiger partial charge in [0.25, 0.3) is 6.43 Å². The average Bonchev–Trinajstić information content (AvgIpc) is 2.30. The van der Waals surface area contributed by atoms with E-state index in [9.17, 15) is 8.78 Å². The fraction of sp³-hybridized carbons (Fsp3) is 1.00. The van der Waals surface area contributed by atoms with E-state index >= 15 is 0 Å². The van der Waals surface area contributed by atoms with Crippen molar-refractivity contribution >= 4 is 0 Å². The molecule has 0 aromatic carbocycles. The Morgan fingerprint density at radius 2 is 1.76 bits per heavy atom. The molecule has 0 amide bonds. The molecular weight excluding hydrogens is 222 g/mol. The van der Waals surface area contributed by atoms with E-state index in [4.69, 9.17) is 0 Å². The van der Waals surface area contributed by atoms with E-state index in [1.165, 1.54) is 0 Å². The zero-order valence-corrected chi connectivity index (χ0v) is 11.5. The molecule has 1 heterocycles. The lowest BCUT2D eigenvalue weighted by Crippen LogP contribution is -2.69. The van der Waals surface area contributed by atoms with Gasteiger partial charge in [0.2, 0.25) is 0 Å². The maximum atomic E-state index is 12.7. The lowest BCUT2D eigenvalue weighted by Gasteiger charge is -2.53. The van der Waals surface area contributed by atoms with Gasteiger partial charge in [-0.1, -0.05) is 20.8 Å². The van der Waals surface area contributed by atoms with Crippen LogP contribution in [-0.4, -0.2) is 42.0 Å². The van der Waals surface area contributed by atoms with Crippen LogP contribution in [0.4, 0.5) is 8.78 Å². The smallest absolute Gasteiger partial charge is 0.251 e. The first-order valence-corrected chi connectivity index (χ1v) is 6.69. The molecule has 2 nitrogen and oxygen atoms in total. The van der Waals surface area contributed by atoms with E-state index in [1.54, 1.807) is 0 Å². The highest BCUT2D eigenvalue weighted by atomic mass is 19.3. The van der Waals surface area contributed by atoms with Crippen LogP contribution < -0.4 is 5.32 Å². The van der Waals surface area contributed by atoms with Gasteiger partial charge in [-0.15, -0.1) is 0 Å². The van der Waals surface area contributed by atoms with Crippen LogP contribution in [0.1, 0.15) is 47.0 Å². The predicted molar refractivity (Wildman–Crippen MR) is 67.6 cm³/mol. The third kappa shape index (κ3) is 3.16. The maximum absolute atomic E-state index is 12.7. The van der Waals surface area contributed by atoms with E-state index in [-0.39, 0.29) is 17.6 Å². The molecule has 0 aromatic rings. The van der Waals surface area contributed by atoms with Crippen molar-refractivity contribution in [3.63, 3.8) is 0 Å². The van der Waals surface area contributed by atoms with Crippen LogP contribution in [-0.2, 0) is 0 Å². The van der Waals surface area contributed by atoms with Crippen molar-refractivity contribution < 1.29 is 8.78 Å². The summed E-state index contributed by atoms with van der Waals surface area (Å²) in [6, 6.07) is 0. The Balaban J connectivity index is 2.86. The molecule has 1 saturated heterocycles. The molecule has 1 atom stereocenters. The van der Waals surface area contributed by atoms with Gasteiger partial charge < -0.3 is 5.32 Å². The van der Waals surface area contributed by atoms with E-state index in [1.807, 2.05) is 4.90 Å². The predicted octanol–water partition coefficient (Wildman–Crippen LogP) is 2.88. The molecule has 17 heavy (non-hydrogen) atoms. The van der Waals surface area contributed by atoms with E-state index in [0.717, 1.165) is 32.4 Å². The zero-order valence-electron chi connectivity index (χ0n) is 11.5. The lowest BCUT2D eigenvalue weighted by atomic mass is 9.82. The molecule has 0 spiro atoms. The summed E-state index contributed by atoms with van der Waals surface area (Å²) in [5, 5.41) is 3.55. The minimum Gasteiger partial charge on any atom is -0.308 e. The Labute approximate surface area is 104 Å². The standard InChI is InChI=1S/C13H26F2N2/c1-5-12(4)10-17(8-11(14)15)13(6-2,7-3)9-16-12/h11,16H,5-10H2,1-4H3. The Hall–Kier alpha value is -0.220. The van der Waals surface area contributed by atoms with Gasteiger partial charge in [-0.2, -0.15) is 0 Å². The second-order valence-electron chi connectivity index (χ2n) is 5.47. The molecule has 102 valence electrons. The summed E-state index contributed by atoms with van der Waals surface area (Å²) in [5.41, 5.74) is -0.117. The van der Waals surface area contributed by atoms with Crippen molar-refractivity contribution in [2.45, 2.75) is 64.5 Å². The van der Waals surface area contributed by atoms with Gasteiger partial charge in [-0.05, 0) is 26.2 Å². The first kappa shape index (κ1) is 14.8. The van der Waals surface area contributed by atoms with E-state index in [0.29, 0.717) is 0 Å². The fourth-order valence-electron chi connectivity index (χ4n) is 2.74. The summed E-state index contributed by atoms with van der Waals surface area (Å²) >= 11 is 0. The van der Waals surface area contributed by atoms with Crippen molar-refractivity contribution in [1.29, 1.82) is 0 Å². The molecule has 0 bridgehead atoms. The Kier molecular flexibility index (Phi) is 4.90. The number of rotatable bonds is 5. The van der Waals surface area contributed by atoms with Crippen LogP contribution in [0.3, 0.4) is 0 Å². The third-order valence-electron chi connectivity index (χ3n) is 4.51. The van der Waals surface area contributed by atoms with Gasteiger partial charge in [0.15, 0.2) is 0 Å². The second-order valence-corrected chi connectivity index (χ2v) is 5.47.